The molecule has 25 heavy (non-hydrogen) atoms. The zero-order valence-corrected chi connectivity index (χ0v) is 13.8. The van der Waals surface area contributed by atoms with Gasteiger partial charge in [0.15, 0.2) is 0 Å². The van der Waals surface area contributed by atoms with Gasteiger partial charge in [-0.25, -0.2) is 0 Å². The van der Waals surface area contributed by atoms with Gasteiger partial charge in [0.2, 0.25) is 5.91 Å². The molecule has 1 aromatic heterocycles. The van der Waals surface area contributed by atoms with Gasteiger partial charge in [-0.2, -0.15) is 5.10 Å². The number of amides is 1. The molecule has 6 heteroatoms. The lowest BCUT2D eigenvalue weighted by Crippen LogP contribution is -2.32. The van der Waals surface area contributed by atoms with E-state index in [0.717, 1.165) is 29.1 Å². The number of rotatable bonds is 4. The summed E-state index contributed by atoms with van der Waals surface area (Å²) in [4.78, 5) is 16.8. The highest BCUT2D eigenvalue weighted by molar-refractivity contribution is 6.16. The number of para-hydroxylation sites is 1. The molecule has 1 saturated carbocycles. The molecular formula is C19H18N4O2. The molecule has 0 spiro atoms. The van der Waals surface area contributed by atoms with Crippen molar-refractivity contribution in [2.45, 2.75) is 18.8 Å². The summed E-state index contributed by atoms with van der Waals surface area (Å²) in [5.74, 6) is 1.57. The second-order valence-corrected chi connectivity index (χ2v) is 6.17. The number of methoxy groups -OCH3 is 1. The molecule has 4 rings (SSSR count). The molecule has 2 unspecified atom stereocenters. The Hall–Kier alpha value is -3.02. The van der Waals surface area contributed by atoms with Gasteiger partial charge in [-0.3, -0.25) is 9.78 Å². The van der Waals surface area contributed by atoms with Crippen LogP contribution in [0.15, 0.2) is 58.9 Å². The number of pyridine rings is 1. The van der Waals surface area contributed by atoms with Gasteiger partial charge in [0.25, 0.3) is 0 Å². The fourth-order valence-electron chi connectivity index (χ4n) is 3.13. The van der Waals surface area contributed by atoms with E-state index < -0.39 is 0 Å². The molecule has 1 aromatic carbocycles. The lowest BCUT2D eigenvalue weighted by Gasteiger charge is -2.08. The molecule has 1 aliphatic heterocycles. The second kappa shape index (κ2) is 6.47. The molecule has 126 valence electrons. The van der Waals surface area contributed by atoms with Crippen LogP contribution in [0.5, 0.6) is 5.75 Å². The van der Waals surface area contributed by atoms with Gasteiger partial charge >= 0.3 is 0 Å². The van der Waals surface area contributed by atoms with Gasteiger partial charge in [-0.05, 0) is 36.1 Å². The van der Waals surface area contributed by atoms with E-state index in [4.69, 9.17) is 4.74 Å². The summed E-state index contributed by atoms with van der Waals surface area (Å²) in [7, 11) is 1.65. The van der Waals surface area contributed by atoms with Crippen LogP contribution in [0.25, 0.3) is 0 Å². The lowest BCUT2D eigenvalue weighted by molar-refractivity contribution is -0.121. The molecule has 2 heterocycles. The van der Waals surface area contributed by atoms with Crippen molar-refractivity contribution in [3.8, 4) is 5.75 Å². The molecule has 2 aliphatic rings. The number of amidine groups is 1. The van der Waals surface area contributed by atoms with Crippen LogP contribution in [0.1, 0.15) is 30.0 Å². The Morgan fingerprint density at radius 3 is 2.80 bits per heavy atom. The van der Waals surface area contributed by atoms with Crippen LogP contribution >= 0.6 is 0 Å². The molecule has 1 N–H and O–H groups in total. The van der Waals surface area contributed by atoms with E-state index >= 15 is 0 Å². The van der Waals surface area contributed by atoms with Crippen LogP contribution in [0.4, 0.5) is 0 Å². The highest BCUT2D eigenvalue weighted by atomic mass is 16.5. The van der Waals surface area contributed by atoms with E-state index in [9.17, 15) is 4.79 Å². The zero-order chi connectivity index (χ0) is 17.2. The van der Waals surface area contributed by atoms with Gasteiger partial charge < -0.3 is 10.1 Å². The normalized spacial score (nSPS) is 21.3. The number of hydrogen-bond acceptors (Lipinski definition) is 5. The smallest absolute Gasteiger partial charge is 0.229 e. The van der Waals surface area contributed by atoms with Crippen molar-refractivity contribution in [1.82, 2.24) is 10.3 Å². The van der Waals surface area contributed by atoms with Gasteiger partial charge in [0.1, 0.15) is 11.6 Å². The number of aromatic nitrogens is 1. The van der Waals surface area contributed by atoms with Crippen molar-refractivity contribution in [2.75, 3.05) is 7.11 Å². The van der Waals surface area contributed by atoms with E-state index in [0.29, 0.717) is 12.3 Å². The number of ether oxygens (including phenoxy) is 1. The second-order valence-electron chi connectivity index (χ2n) is 6.17. The number of carbonyl (C=O) groups is 1. The van der Waals surface area contributed by atoms with Crippen molar-refractivity contribution in [1.29, 1.82) is 0 Å². The minimum Gasteiger partial charge on any atom is -0.496 e. The van der Waals surface area contributed by atoms with Crippen LogP contribution in [-0.2, 0) is 4.79 Å². The van der Waals surface area contributed by atoms with Gasteiger partial charge in [-0.15, -0.1) is 5.10 Å². The number of nitrogens with one attached hydrogen (secondary N) is 1. The standard InChI is InChI=1S/C19H18N4O2/c1-25-17-8-3-2-6-12(17)13-10-14(13)19(24)21-18-11-16(22-23-18)15-7-4-5-9-20-15/h2-9,13-14H,10-11H2,1H3,(H,21,23,24). The average molecular weight is 334 g/mol. The maximum Gasteiger partial charge on any atom is 0.229 e. The molecule has 0 saturated heterocycles. The van der Waals surface area contributed by atoms with E-state index in [-0.39, 0.29) is 17.7 Å². The first kappa shape index (κ1) is 15.5. The third kappa shape index (κ3) is 3.15. The van der Waals surface area contributed by atoms with Crippen molar-refractivity contribution >= 4 is 17.5 Å². The molecular weight excluding hydrogens is 316 g/mol. The Labute approximate surface area is 145 Å². The maximum atomic E-state index is 12.5. The van der Waals surface area contributed by atoms with Gasteiger partial charge in [-0.1, -0.05) is 24.3 Å². The largest absolute Gasteiger partial charge is 0.496 e. The highest BCUT2D eigenvalue weighted by Gasteiger charge is 2.45. The van der Waals surface area contributed by atoms with Crippen LogP contribution in [0.2, 0.25) is 0 Å². The highest BCUT2D eigenvalue weighted by Crippen LogP contribution is 2.50. The molecule has 1 aliphatic carbocycles. The van der Waals surface area contributed by atoms with E-state index in [1.54, 1.807) is 13.3 Å². The predicted octanol–water partition coefficient (Wildman–Crippen LogP) is 2.52. The summed E-state index contributed by atoms with van der Waals surface area (Å²) in [6.45, 7) is 0. The first-order valence-electron chi connectivity index (χ1n) is 8.25. The van der Waals surface area contributed by atoms with Crippen molar-refractivity contribution in [3.05, 3.63) is 59.9 Å². The van der Waals surface area contributed by atoms with Crippen LogP contribution < -0.4 is 10.1 Å². The van der Waals surface area contributed by atoms with E-state index in [1.807, 2.05) is 42.5 Å². The van der Waals surface area contributed by atoms with Crippen LogP contribution in [-0.4, -0.2) is 29.5 Å². The monoisotopic (exact) mass is 334 g/mol. The summed E-state index contributed by atoms with van der Waals surface area (Å²) in [6, 6.07) is 13.5. The first-order chi connectivity index (χ1) is 12.3. The number of nitrogens with zero attached hydrogens (tertiary/aromatic N) is 3. The summed E-state index contributed by atoms with van der Waals surface area (Å²) < 4.78 is 5.39. The van der Waals surface area contributed by atoms with Crippen molar-refractivity contribution < 1.29 is 9.53 Å². The zero-order valence-electron chi connectivity index (χ0n) is 13.8. The molecule has 0 radical (unpaired) electrons. The lowest BCUT2D eigenvalue weighted by atomic mass is 10.1. The minimum absolute atomic E-state index is 0.00729. The molecule has 2 aromatic rings. The average Bonchev–Trinajstić information content (AvgIpc) is 3.34. The Morgan fingerprint density at radius 2 is 2.00 bits per heavy atom. The van der Waals surface area contributed by atoms with Gasteiger partial charge in [0.05, 0.1) is 24.9 Å². The Bertz CT molecular complexity index is 861. The molecule has 2 atom stereocenters. The molecule has 0 bridgehead atoms. The third-order valence-electron chi connectivity index (χ3n) is 4.52. The number of hydrogen-bond donors (Lipinski definition) is 1. The quantitative estimate of drug-likeness (QED) is 0.933. The van der Waals surface area contributed by atoms with Crippen LogP contribution in [0.3, 0.4) is 0 Å². The summed E-state index contributed by atoms with van der Waals surface area (Å²) >= 11 is 0. The number of carbonyl (C=O) groups excluding carboxylic acids is 1. The fraction of sp³-hybridized carbons (Fsp3) is 0.263. The molecule has 6 nitrogen and oxygen atoms in total. The van der Waals surface area contributed by atoms with Crippen LogP contribution in [0, 0.1) is 5.92 Å². The summed E-state index contributed by atoms with van der Waals surface area (Å²) in [5.41, 5.74) is 2.64. The topological polar surface area (TPSA) is 75.9 Å². The number of benzene rings is 1. The minimum atomic E-state index is -0.0436. The molecule has 1 amide bonds. The first-order valence-corrected chi connectivity index (χ1v) is 8.25. The third-order valence-corrected chi connectivity index (χ3v) is 4.52. The Balaban J connectivity index is 1.36. The van der Waals surface area contributed by atoms with E-state index in [2.05, 4.69) is 20.5 Å². The SMILES string of the molecule is COc1ccccc1C1CC1C(=O)NC1=NN=C(c2ccccn2)C1. The summed E-state index contributed by atoms with van der Waals surface area (Å²) in [5, 5.41) is 11.1. The Kier molecular flexibility index (Phi) is 4.01. The van der Waals surface area contributed by atoms with Crippen molar-refractivity contribution in [2.24, 2.45) is 16.1 Å². The predicted molar refractivity (Wildman–Crippen MR) is 94.8 cm³/mol. The van der Waals surface area contributed by atoms with Gasteiger partial charge in [0, 0.05) is 12.1 Å². The fourth-order valence-corrected chi connectivity index (χ4v) is 3.13. The Morgan fingerprint density at radius 1 is 1.16 bits per heavy atom. The van der Waals surface area contributed by atoms with Crippen molar-refractivity contribution in [3.63, 3.8) is 0 Å². The summed E-state index contributed by atoms with van der Waals surface area (Å²) in [6.07, 6.45) is 3.04. The molecule has 1 fully saturated rings. The maximum absolute atomic E-state index is 12.5. The van der Waals surface area contributed by atoms with E-state index in [1.165, 1.54) is 0 Å².